The predicted octanol–water partition coefficient (Wildman–Crippen LogP) is 5.32. The molecule has 3 aliphatic heterocycles. The summed E-state index contributed by atoms with van der Waals surface area (Å²) in [5.74, 6) is 0.246. The van der Waals surface area contributed by atoms with Gasteiger partial charge >= 0.3 is 0 Å². The number of benzene rings is 3. The minimum absolute atomic E-state index is 0.0415. The van der Waals surface area contributed by atoms with Crippen molar-refractivity contribution in [2.24, 2.45) is 5.92 Å². The fourth-order valence-corrected chi connectivity index (χ4v) is 6.90. The van der Waals surface area contributed by atoms with Crippen LogP contribution in [0.5, 0.6) is 0 Å². The highest BCUT2D eigenvalue weighted by molar-refractivity contribution is 6.05. The average Bonchev–Trinajstić information content (AvgIpc) is 3.04. The largest absolute Gasteiger partial charge is 0.369 e. The van der Waals surface area contributed by atoms with Gasteiger partial charge in [-0.05, 0) is 65.8 Å². The Kier molecular flexibility index (Phi) is 7.15. The van der Waals surface area contributed by atoms with E-state index in [4.69, 9.17) is 0 Å². The maximum atomic E-state index is 13.7. The van der Waals surface area contributed by atoms with Crippen molar-refractivity contribution in [3.63, 3.8) is 0 Å². The van der Waals surface area contributed by atoms with Crippen LogP contribution < -0.4 is 15.8 Å². The Balaban J connectivity index is 1.18. The molecule has 2 bridgehead atoms. The van der Waals surface area contributed by atoms with Gasteiger partial charge in [0.05, 0.1) is 11.4 Å². The summed E-state index contributed by atoms with van der Waals surface area (Å²) in [6, 6.07) is 29.2. The Labute approximate surface area is 251 Å². The summed E-state index contributed by atoms with van der Waals surface area (Å²) >= 11 is 0. The predicted molar refractivity (Wildman–Crippen MR) is 169 cm³/mol. The van der Waals surface area contributed by atoms with Crippen molar-refractivity contribution in [1.29, 1.82) is 0 Å². The summed E-state index contributed by atoms with van der Waals surface area (Å²) in [7, 11) is 0. The maximum absolute atomic E-state index is 13.7. The van der Waals surface area contributed by atoms with E-state index in [2.05, 4.69) is 28.4 Å². The highest BCUT2D eigenvalue weighted by Gasteiger charge is 2.35. The Hall–Kier alpha value is -4.91. The molecule has 1 aromatic heterocycles. The lowest BCUT2D eigenvalue weighted by Gasteiger charge is -2.44. The first-order valence-electron chi connectivity index (χ1n) is 15.0. The van der Waals surface area contributed by atoms with E-state index in [-0.39, 0.29) is 23.3 Å². The molecule has 216 valence electrons. The zero-order valence-electron chi connectivity index (χ0n) is 24.0. The van der Waals surface area contributed by atoms with Crippen molar-refractivity contribution in [2.45, 2.75) is 31.8 Å². The maximum Gasteiger partial charge on any atom is 0.254 e. The minimum atomic E-state index is -0.254. The number of nitrogens with one attached hydrogen (secondary N) is 1. The number of carbonyl (C=O) groups excluding carboxylic acids is 2. The first-order valence-corrected chi connectivity index (χ1v) is 15.0. The van der Waals surface area contributed by atoms with Crippen LogP contribution in [0.1, 0.15) is 45.1 Å². The molecule has 4 aromatic rings. The molecule has 43 heavy (non-hydrogen) atoms. The zero-order valence-corrected chi connectivity index (χ0v) is 24.0. The van der Waals surface area contributed by atoms with Gasteiger partial charge in [0.2, 0.25) is 5.91 Å². The van der Waals surface area contributed by atoms with E-state index in [9.17, 15) is 14.4 Å². The third-order valence-electron chi connectivity index (χ3n) is 8.97. The molecular formula is C36H34N4O3. The van der Waals surface area contributed by atoms with Crippen molar-refractivity contribution < 1.29 is 9.59 Å². The number of hydrogen-bond donors (Lipinski definition) is 1. The molecule has 1 N–H and O–H groups in total. The van der Waals surface area contributed by atoms with Gasteiger partial charge < -0.3 is 19.7 Å². The Morgan fingerprint density at radius 2 is 1.65 bits per heavy atom. The standard InChI is InChI=1S/C36H34N4O3/c41-34(16-13-25-7-2-1-3-8-25)37-31-20-28(36(43)38-18-17-27-9-4-5-10-29(27)23-38)14-15-33(31)39-21-26-19-30(24-39)32-11-6-12-35(42)40(32)22-26/h1-16,20,26,30H,17-19,21-24H2,(H,37,41)/b16-13+. The first kappa shape index (κ1) is 27.0. The number of amides is 2. The minimum Gasteiger partial charge on any atom is -0.369 e. The molecule has 1 saturated heterocycles. The van der Waals surface area contributed by atoms with Crippen LogP contribution in [0.4, 0.5) is 11.4 Å². The fourth-order valence-electron chi connectivity index (χ4n) is 6.90. The highest BCUT2D eigenvalue weighted by atomic mass is 16.2. The molecule has 0 aliphatic carbocycles. The lowest BCUT2D eigenvalue weighted by molar-refractivity contribution is -0.111. The van der Waals surface area contributed by atoms with Crippen molar-refractivity contribution in [1.82, 2.24) is 9.47 Å². The molecule has 0 saturated carbocycles. The third-order valence-corrected chi connectivity index (χ3v) is 8.97. The van der Waals surface area contributed by atoms with Gasteiger partial charge in [0, 0.05) is 62.0 Å². The summed E-state index contributed by atoms with van der Waals surface area (Å²) in [4.78, 5) is 43.7. The Morgan fingerprint density at radius 3 is 2.51 bits per heavy atom. The first-order chi connectivity index (χ1) is 21.0. The monoisotopic (exact) mass is 570 g/mol. The number of nitrogens with zero attached hydrogens (tertiary/aromatic N) is 3. The number of carbonyl (C=O) groups is 2. The van der Waals surface area contributed by atoms with Gasteiger partial charge in [0.1, 0.15) is 0 Å². The van der Waals surface area contributed by atoms with Crippen LogP contribution in [-0.2, 0) is 24.3 Å². The molecule has 3 aliphatic rings. The van der Waals surface area contributed by atoms with E-state index in [0.29, 0.717) is 36.8 Å². The number of hydrogen-bond acceptors (Lipinski definition) is 4. The van der Waals surface area contributed by atoms with Gasteiger partial charge in [-0.1, -0.05) is 60.7 Å². The summed E-state index contributed by atoms with van der Waals surface area (Å²) in [6.45, 7) is 3.44. The van der Waals surface area contributed by atoms with E-state index in [1.807, 2.05) is 76.2 Å². The normalized spacial score (nSPS) is 19.1. The molecule has 0 spiro atoms. The number of piperidine rings is 1. The van der Waals surface area contributed by atoms with Crippen LogP contribution in [0, 0.1) is 5.92 Å². The molecule has 3 aromatic carbocycles. The summed E-state index contributed by atoms with van der Waals surface area (Å²) in [6.07, 6.45) is 5.18. The average molecular weight is 571 g/mol. The van der Waals surface area contributed by atoms with E-state index in [0.717, 1.165) is 42.9 Å². The Morgan fingerprint density at radius 1 is 0.837 bits per heavy atom. The van der Waals surface area contributed by atoms with E-state index < -0.39 is 0 Å². The smallest absolute Gasteiger partial charge is 0.254 e. The van der Waals surface area contributed by atoms with Gasteiger partial charge in [0.25, 0.3) is 11.5 Å². The molecule has 0 radical (unpaired) electrons. The van der Waals surface area contributed by atoms with Crippen LogP contribution in [0.15, 0.2) is 102 Å². The van der Waals surface area contributed by atoms with Gasteiger partial charge in [-0.3, -0.25) is 14.4 Å². The van der Waals surface area contributed by atoms with Crippen LogP contribution >= 0.6 is 0 Å². The van der Waals surface area contributed by atoms with E-state index >= 15 is 0 Å². The fraction of sp³-hybridized carbons (Fsp3) is 0.250. The molecule has 2 amide bonds. The summed E-state index contributed by atoms with van der Waals surface area (Å²) in [5, 5.41) is 3.09. The number of anilines is 2. The second-order valence-corrected chi connectivity index (χ2v) is 11.8. The van der Waals surface area contributed by atoms with Gasteiger partial charge in [-0.25, -0.2) is 0 Å². The summed E-state index contributed by atoms with van der Waals surface area (Å²) in [5.41, 5.74) is 6.60. The molecule has 4 heterocycles. The molecular weight excluding hydrogens is 536 g/mol. The number of rotatable bonds is 5. The van der Waals surface area contributed by atoms with Crippen LogP contribution in [0.25, 0.3) is 6.08 Å². The van der Waals surface area contributed by atoms with Gasteiger partial charge in [-0.2, -0.15) is 0 Å². The second kappa shape index (κ2) is 11.4. The van der Waals surface area contributed by atoms with Crippen LogP contribution in [0.2, 0.25) is 0 Å². The van der Waals surface area contributed by atoms with Gasteiger partial charge in [0.15, 0.2) is 0 Å². The number of aromatic nitrogens is 1. The molecule has 2 atom stereocenters. The molecule has 7 heteroatoms. The van der Waals surface area contributed by atoms with E-state index in [1.54, 1.807) is 12.1 Å². The van der Waals surface area contributed by atoms with Crippen LogP contribution in [0.3, 0.4) is 0 Å². The SMILES string of the molecule is O=C(/C=C/c1ccccc1)Nc1cc(C(=O)N2CCc3ccccc3C2)ccc1N1CC2CC(C1)c1cccc(=O)n1C2. The lowest BCUT2D eigenvalue weighted by atomic mass is 9.83. The van der Waals surface area contributed by atoms with E-state index in [1.165, 1.54) is 17.2 Å². The topological polar surface area (TPSA) is 74.7 Å². The second-order valence-electron chi connectivity index (χ2n) is 11.8. The van der Waals surface area contributed by atoms with Gasteiger partial charge in [-0.15, -0.1) is 0 Å². The summed E-state index contributed by atoms with van der Waals surface area (Å²) < 4.78 is 1.92. The number of pyridine rings is 1. The molecule has 1 fully saturated rings. The van der Waals surface area contributed by atoms with Crippen LogP contribution in [-0.4, -0.2) is 40.9 Å². The highest BCUT2D eigenvalue weighted by Crippen LogP contribution is 2.39. The van der Waals surface area contributed by atoms with Crippen molar-refractivity contribution in [3.05, 3.63) is 135 Å². The molecule has 7 nitrogen and oxygen atoms in total. The molecule has 2 unspecified atom stereocenters. The molecule has 7 rings (SSSR count). The van der Waals surface area contributed by atoms with Crippen molar-refractivity contribution in [2.75, 3.05) is 29.9 Å². The zero-order chi connectivity index (χ0) is 29.3. The quantitative estimate of drug-likeness (QED) is 0.330. The lowest BCUT2D eigenvalue weighted by Crippen LogP contribution is -2.47. The van der Waals surface area contributed by atoms with Crippen molar-refractivity contribution in [3.8, 4) is 0 Å². The number of fused-ring (bicyclic) bond motifs is 5. The Bertz CT molecular complexity index is 1780. The third kappa shape index (κ3) is 5.50. The van der Waals surface area contributed by atoms with Crippen molar-refractivity contribution >= 4 is 29.3 Å².